The van der Waals surface area contributed by atoms with Crippen LogP contribution in [0.4, 0.5) is 0 Å². The first-order valence-electron chi connectivity index (χ1n) is 10.5. The van der Waals surface area contributed by atoms with Crippen LogP contribution in [0.15, 0.2) is 0 Å². The molecule has 0 aromatic rings. The molecular weight excluding hydrogens is 472 g/mol. The molecule has 4 atom stereocenters. The molecule has 0 bridgehead atoms. The van der Waals surface area contributed by atoms with E-state index < -0.39 is 60.2 Å². The molecule has 0 aliphatic carbocycles. The molecule has 11 nitrogen and oxygen atoms in total. The maximum Gasteiger partial charge on any atom is 0.326 e. The van der Waals surface area contributed by atoms with Crippen LogP contribution in [0.2, 0.25) is 0 Å². The van der Waals surface area contributed by atoms with Crippen molar-refractivity contribution in [2.24, 2.45) is 11.7 Å². The van der Waals surface area contributed by atoms with E-state index in [1.165, 1.54) is 23.5 Å². The topological polar surface area (TPSA) is 188 Å². The number of carbonyl (C=O) groups is 5. The van der Waals surface area contributed by atoms with E-state index in [4.69, 9.17) is 10.8 Å². The minimum atomic E-state index is -1.63. The normalized spacial score (nSPS) is 14.6. The molecule has 0 radical (unpaired) electrons. The van der Waals surface area contributed by atoms with Crippen molar-refractivity contribution >= 4 is 53.2 Å². The van der Waals surface area contributed by atoms with Crippen LogP contribution in [0.25, 0.3) is 0 Å². The summed E-state index contributed by atoms with van der Waals surface area (Å²) in [6.07, 6.45) is 3.80. The number of amides is 3. The Kier molecular flexibility index (Phi) is 15.6. The Balaban J connectivity index is 5.42. The molecule has 0 aromatic heterocycles. The summed E-state index contributed by atoms with van der Waals surface area (Å²) in [6.45, 7) is 3.85. The van der Waals surface area contributed by atoms with Crippen LogP contribution in [0.3, 0.4) is 0 Å². The van der Waals surface area contributed by atoms with Gasteiger partial charge in [-0.1, -0.05) is 13.8 Å². The summed E-state index contributed by atoms with van der Waals surface area (Å²) in [5.74, 6) is -3.51. The zero-order chi connectivity index (χ0) is 25.6. The van der Waals surface area contributed by atoms with E-state index in [9.17, 15) is 29.1 Å². The van der Waals surface area contributed by atoms with Crippen LogP contribution < -0.4 is 21.7 Å². The van der Waals surface area contributed by atoms with Crippen molar-refractivity contribution < 1.29 is 34.2 Å². The van der Waals surface area contributed by atoms with E-state index in [1.807, 2.05) is 20.1 Å². The van der Waals surface area contributed by atoms with E-state index in [-0.39, 0.29) is 12.3 Å². The molecule has 190 valence electrons. The molecule has 4 unspecified atom stereocenters. The van der Waals surface area contributed by atoms with Crippen LogP contribution >= 0.6 is 23.5 Å². The lowest BCUT2D eigenvalue weighted by Gasteiger charge is -2.25. The van der Waals surface area contributed by atoms with Gasteiger partial charge in [0.1, 0.15) is 18.1 Å². The van der Waals surface area contributed by atoms with E-state index in [1.54, 1.807) is 6.26 Å². The average molecular weight is 509 g/mol. The lowest BCUT2D eigenvalue weighted by atomic mass is 10.0. The van der Waals surface area contributed by atoms with Crippen molar-refractivity contribution in [1.82, 2.24) is 16.0 Å². The highest BCUT2D eigenvalue weighted by molar-refractivity contribution is 7.98. The van der Waals surface area contributed by atoms with E-state index in [0.717, 1.165) is 0 Å². The minimum Gasteiger partial charge on any atom is -0.481 e. The first-order valence-corrected chi connectivity index (χ1v) is 13.3. The van der Waals surface area contributed by atoms with Gasteiger partial charge in [-0.2, -0.15) is 23.5 Å². The van der Waals surface area contributed by atoms with Gasteiger partial charge in [-0.3, -0.25) is 19.2 Å². The molecule has 13 heteroatoms. The van der Waals surface area contributed by atoms with Crippen molar-refractivity contribution in [3.63, 3.8) is 0 Å². The molecule has 0 aliphatic rings. The third-order valence-corrected chi connectivity index (χ3v) is 5.83. The summed E-state index contributed by atoms with van der Waals surface area (Å²) in [7, 11) is 0. The smallest absolute Gasteiger partial charge is 0.326 e. The van der Waals surface area contributed by atoms with E-state index in [0.29, 0.717) is 24.3 Å². The number of rotatable bonds is 17. The Labute approximate surface area is 202 Å². The molecule has 0 spiro atoms. The summed E-state index contributed by atoms with van der Waals surface area (Å²) >= 11 is 2.91. The average Bonchev–Trinajstić information content (AvgIpc) is 2.72. The molecule has 7 N–H and O–H groups in total. The Hall–Kier alpha value is -1.99. The maximum absolute atomic E-state index is 12.9. The number of nitrogens with two attached hydrogens (primary N) is 1. The van der Waals surface area contributed by atoms with Crippen molar-refractivity contribution in [3.8, 4) is 0 Å². The number of aliphatic carboxylic acids is 2. The summed E-state index contributed by atoms with van der Waals surface area (Å²) in [6, 6.07) is -4.44. The summed E-state index contributed by atoms with van der Waals surface area (Å²) < 4.78 is 0. The summed E-state index contributed by atoms with van der Waals surface area (Å²) in [5.41, 5.74) is 5.91. The van der Waals surface area contributed by atoms with Gasteiger partial charge in [-0.15, -0.1) is 0 Å². The fourth-order valence-electron chi connectivity index (χ4n) is 2.82. The van der Waals surface area contributed by atoms with Gasteiger partial charge in [0.25, 0.3) is 0 Å². The van der Waals surface area contributed by atoms with Crippen molar-refractivity contribution in [2.75, 3.05) is 24.0 Å². The summed E-state index contributed by atoms with van der Waals surface area (Å²) in [5, 5.41) is 25.4. The number of carboxylic acid groups (broad SMARTS) is 2. The van der Waals surface area contributed by atoms with Crippen molar-refractivity contribution in [2.45, 2.75) is 63.7 Å². The van der Waals surface area contributed by atoms with E-state index >= 15 is 0 Å². The standard InChI is InChI=1S/C20H36N4O7S2/c1-11(2)9-12(21)17(27)22-13(5-7-32-3)18(28)23-14(6-8-33-4)19(29)24-15(20(30)31)10-16(25)26/h11-15H,5-10,21H2,1-4H3,(H,22,27)(H,23,28)(H,24,29)(H,25,26)(H,30,31). The molecule has 0 aliphatic heterocycles. The SMILES string of the molecule is CSCCC(NC(=O)C(N)CC(C)C)C(=O)NC(CCSC)C(=O)NC(CC(=O)O)C(=O)O. The van der Waals surface area contributed by atoms with Crippen LogP contribution in [0.5, 0.6) is 0 Å². The second-order valence-electron chi connectivity index (χ2n) is 7.92. The van der Waals surface area contributed by atoms with Gasteiger partial charge in [0.15, 0.2) is 0 Å². The first kappa shape index (κ1) is 31.0. The number of carboxylic acids is 2. The van der Waals surface area contributed by atoms with Gasteiger partial charge in [-0.05, 0) is 49.2 Å². The molecule has 3 amide bonds. The van der Waals surface area contributed by atoms with Gasteiger partial charge < -0.3 is 31.9 Å². The third-order valence-electron chi connectivity index (χ3n) is 4.54. The highest BCUT2D eigenvalue weighted by Crippen LogP contribution is 2.08. The second kappa shape index (κ2) is 16.6. The minimum absolute atomic E-state index is 0.189. The molecule has 0 aromatic carbocycles. The van der Waals surface area contributed by atoms with Gasteiger partial charge in [0, 0.05) is 0 Å². The Morgan fingerprint density at radius 1 is 0.788 bits per heavy atom. The van der Waals surface area contributed by atoms with Crippen molar-refractivity contribution in [1.29, 1.82) is 0 Å². The quantitative estimate of drug-likeness (QED) is 0.154. The number of nitrogens with one attached hydrogen (secondary N) is 3. The van der Waals surface area contributed by atoms with Gasteiger partial charge in [-0.25, -0.2) is 4.79 Å². The third kappa shape index (κ3) is 13.3. The Morgan fingerprint density at radius 3 is 1.58 bits per heavy atom. The second-order valence-corrected chi connectivity index (χ2v) is 9.89. The largest absolute Gasteiger partial charge is 0.481 e. The lowest BCUT2D eigenvalue weighted by Crippen LogP contribution is -2.57. The molecule has 0 saturated carbocycles. The Bertz CT molecular complexity index is 679. The van der Waals surface area contributed by atoms with Crippen LogP contribution in [0, 0.1) is 5.92 Å². The highest BCUT2D eigenvalue weighted by Gasteiger charge is 2.30. The van der Waals surface area contributed by atoms with Crippen LogP contribution in [0.1, 0.15) is 39.5 Å². The number of hydrogen-bond acceptors (Lipinski definition) is 8. The first-order chi connectivity index (χ1) is 15.4. The molecule has 0 fully saturated rings. The lowest BCUT2D eigenvalue weighted by molar-refractivity contribution is -0.147. The van der Waals surface area contributed by atoms with Gasteiger partial charge >= 0.3 is 11.9 Å². The fraction of sp³-hybridized carbons (Fsp3) is 0.750. The van der Waals surface area contributed by atoms with Gasteiger partial charge in [0.2, 0.25) is 17.7 Å². The van der Waals surface area contributed by atoms with E-state index in [2.05, 4.69) is 16.0 Å². The Morgan fingerprint density at radius 2 is 1.21 bits per heavy atom. The zero-order valence-corrected chi connectivity index (χ0v) is 21.1. The zero-order valence-electron chi connectivity index (χ0n) is 19.5. The molecule has 33 heavy (non-hydrogen) atoms. The van der Waals surface area contributed by atoms with Gasteiger partial charge in [0.05, 0.1) is 12.5 Å². The molecule has 0 rings (SSSR count). The van der Waals surface area contributed by atoms with Crippen molar-refractivity contribution in [3.05, 3.63) is 0 Å². The fourth-order valence-corrected chi connectivity index (χ4v) is 3.76. The van der Waals surface area contributed by atoms with Crippen LogP contribution in [-0.4, -0.2) is 88.1 Å². The molecule has 0 saturated heterocycles. The number of hydrogen-bond donors (Lipinski definition) is 6. The molecular formula is C20H36N4O7S2. The summed E-state index contributed by atoms with van der Waals surface area (Å²) in [4.78, 5) is 60.2. The highest BCUT2D eigenvalue weighted by atomic mass is 32.2. The number of thioether (sulfide) groups is 2. The van der Waals surface area contributed by atoms with Crippen LogP contribution in [-0.2, 0) is 24.0 Å². The predicted molar refractivity (Wildman–Crippen MR) is 129 cm³/mol. The maximum atomic E-state index is 12.9. The predicted octanol–water partition coefficient (Wildman–Crippen LogP) is -0.120. The molecule has 0 heterocycles. The number of carbonyl (C=O) groups excluding carboxylic acids is 3. The monoisotopic (exact) mass is 508 g/mol.